The van der Waals surface area contributed by atoms with E-state index < -0.39 is 0 Å². The highest BCUT2D eigenvalue weighted by Crippen LogP contribution is 2.10. The molecule has 0 bridgehead atoms. The number of fused-ring (bicyclic) bond motifs is 1. The Morgan fingerprint density at radius 3 is 2.88 bits per heavy atom. The minimum absolute atomic E-state index is 0.750. The lowest BCUT2D eigenvalue weighted by atomic mass is 10.3. The van der Waals surface area contributed by atoms with Gasteiger partial charge >= 0.3 is 0 Å². The highest BCUT2D eigenvalue weighted by Gasteiger charge is 2.01. The molecule has 0 radical (unpaired) electrons. The van der Waals surface area contributed by atoms with Crippen LogP contribution in [0.4, 0.5) is 0 Å². The highest BCUT2D eigenvalue weighted by atomic mass is 15.0. The Bertz CT molecular complexity index is 562. The van der Waals surface area contributed by atoms with E-state index in [1.165, 1.54) is 5.56 Å². The molecule has 0 saturated heterocycles. The Kier molecular flexibility index (Phi) is 2.63. The Balaban J connectivity index is 1.65. The monoisotopic (exact) mass is 226 g/mol. The van der Waals surface area contributed by atoms with Gasteiger partial charge in [-0.05, 0) is 23.8 Å². The molecule has 17 heavy (non-hydrogen) atoms. The van der Waals surface area contributed by atoms with Gasteiger partial charge in [0.15, 0.2) is 0 Å². The second-order valence-electron chi connectivity index (χ2n) is 4.02. The molecule has 0 spiro atoms. The molecule has 0 saturated carbocycles. The van der Waals surface area contributed by atoms with Crippen LogP contribution in [0.25, 0.3) is 11.0 Å². The van der Waals surface area contributed by atoms with Gasteiger partial charge in [-0.2, -0.15) is 0 Å². The summed E-state index contributed by atoms with van der Waals surface area (Å²) in [6.45, 7) is 1.60. The Labute approximate surface area is 99.1 Å². The van der Waals surface area contributed by atoms with Crippen LogP contribution in [0.2, 0.25) is 0 Å². The first kappa shape index (κ1) is 10.1. The van der Waals surface area contributed by atoms with Crippen LogP contribution >= 0.6 is 0 Å². The van der Waals surface area contributed by atoms with E-state index in [0.29, 0.717) is 0 Å². The van der Waals surface area contributed by atoms with Crippen molar-refractivity contribution in [1.82, 2.24) is 20.3 Å². The summed E-state index contributed by atoms with van der Waals surface area (Å²) in [5.74, 6) is 0.974. The second-order valence-corrected chi connectivity index (χ2v) is 4.02. The average molecular weight is 226 g/mol. The summed E-state index contributed by atoms with van der Waals surface area (Å²) >= 11 is 0. The fourth-order valence-electron chi connectivity index (χ4n) is 1.88. The first-order chi connectivity index (χ1) is 8.42. The lowest BCUT2D eigenvalue weighted by molar-refractivity contribution is 0.671. The number of nitrogens with zero attached hydrogens (tertiary/aromatic N) is 1. The maximum absolute atomic E-state index is 4.51. The van der Waals surface area contributed by atoms with Gasteiger partial charge < -0.3 is 15.3 Å². The summed E-state index contributed by atoms with van der Waals surface area (Å²) in [7, 11) is 0. The molecule has 3 rings (SSSR count). The van der Waals surface area contributed by atoms with Gasteiger partial charge in [0.05, 0.1) is 17.6 Å². The predicted octanol–water partition coefficient (Wildman–Crippen LogP) is 2.18. The molecule has 0 aliphatic heterocycles. The normalized spacial score (nSPS) is 11.1. The van der Waals surface area contributed by atoms with E-state index in [1.807, 2.05) is 36.7 Å². The number of para-hydroxylation sites is 2. The lowest BCUT2D eigenvalue weighted by Gasteiger charge is -1.99. The number of H-pyrrole nitrogens is 2. The van der Waals surface area contributed by atoms with Gasteiger partial charge in [-0.3, -0.25) is 0 Å². The number of imidazole rings is 1. The van der Waals surface area contributed by atoms with Crippen molar-refractivity contribution in [3.05, 3.63) is 54.1 Å². The van der Waals surface area contributed by atoms with Crippen molar-refractivity contribution in [1.29, 1.82) is 0 Å². The van der Waals surface area contributed by atoms with Gasteiger partial charge in [0.2, 0.25) is 0 Å². The van der Waals surface area contributed by atoms with E-state index in [2.05, 4.69) is 26.3 Å². The molecule has 4 nitrogen and oxygen atoms in total. The quantitative estimate of drug-likeness (QED) is 0.638. The largest absolute Gasteiger partial charge is 0.367 e. The number of hydrogen-bond donors (Lipinski definition) is 3. The Hall–Kier alpha value is -2.07. The van der Waals surface area contributed by atoms with E-state index in [-0.39, 0.29) is 0 Å². The topological polar surface area (TPSA) is 56.5 Å². The standard InChI is InChI=1S/C13H14N4/c1-2-4-12-11(3-1)16-13(17-12)9-15-8-10-5-6-14-7-10/h1-7,14-15H,8-9H2,(H,16,17). The fourth-order valence-corrected chi connectivity index (χ4v) is 1.88. The van der Waals surface area contributed by atoms with Crippen molar-refractivity contribution in [3.63, 3.8) is 0 Å². The van der Waals surface area contributed by atoms with Crippen LogP contribution in [0.3, 0.4) is 0 Å². The van der Waals surface area contributed by atoms with Gasteiger partial charge in [-0.1, -0.05) is 12.1 Å². The first-order valence-electron chi connectivity index (χ1n) is 5.68. The number of benzene rings is 1. The molecule has 0 atom stereocenters. The summed E-state index contributed by atoms with van der Waals surface area (Å²) in [5.41, 5.74) is 3.36. The molecule has 3 aromatic rings. The van der Waals surface area contributed by atoms with Crippen LogP contribution < -0.4 is 5.32 Å². The number of aromatic amines is 2. The SMILES string of the molecule is c1ccc2[nH]c(CNCc3cc[nH]c3)nc2c1. The summed E-state index contributed by atoms with van der Waals surface area (Å²) in [5, 5.41) is 3.35. The summed E-state index contributed by atoms with van der Waals surface area (Å²) < 4.78 is 0. The predicted molar refractivity (Wildman–Crippen MR) is 67.4 cm³/mol. The summed E-state index contributed by atoms with van der Waals surface area (Å²) in [6, 6.07) is 10.1. The molecule has 0 amide bonds. The third kappa shape index (κ3) is 2.21. The maximum atomic E-state index is 4.51. The zero-order valence-electron chi connectivity index (χ0n) is 9.40. The Morgan fingerprint density at radius 2 is 2.06 bits per heavy atom. The third-order valence-corrected chi connectivity index (χ3v) is 2.72. The van der Waals surface area contributed by atoms with E-state index in [4.69, 9.17) is 0 Å². The minimum atomic E-state index is 0.750. The van der Waals surface area contributed by atoms with Crippen molar-refractivity contribution < 1.29 is 0 Å². The van der Waals surface area contributed by atoms with Crippen LogP contribution in [0.5, 0.6) is 0 Å². The molecule has 0 aliphatic carbocycles. The number of hydrogen-bond acceptors (Lipinski definition) is 2. The molecule has 2 heterocycles. The summed E-state index contributed by atoms with van der Waals surface area (Å²) in [4.78, 5) is 10.8. The molecule has 0 aliphatic rings. The van der Waals surface area contributed by atoms with Crippen LogP contribution in [0, 0.1) is 0 Å². The summed E-state index contributed by atoms with van der Waals surface area (Å²) in [6.07, 6.45) is 3.92. The molecule has 0 fully saturated rings. The van der Waals surface area contributed by atoms with Gasteiger partial charge in [0, 0.05) is 18.9 Å². The van der Waals surface area contributed by atoms with Crippen LogP contribution in [0.1, 0.15) is 11.4 Å². The third-order valence-electron chi connectivity index (χ3n) is 2.72. The molecular weight excluding hydrogens is 212 g/mol. The van der Waals surface area contributed by atoms with Crippen molar-refractivity contribution in [2.24, 2.45) is 0 Å². The molecule has 3 N–H and O–H groups in total. The molecule has 1 aromatic carbocycles. The molecular formula is C13H14N4. The van der Waals surface area contributed by atoms with Crippen molar-refractivity contribution >= 4 is 11.0 Å². The zero-order chi connectivity index (χ0) is 11.5. The van der Waals surface area contributed by atoms with Gasteiger partial charge in [0.25, 0.3) is 0 Å². The maximum Gasteiger partial charge on any atom is 0.121 e. The van der Waals surface area contributed by atoms with Crippen LogP contribution in [0.15, 0.2) is 42.7 Å². The average Bonchev–Trinajstić information content (AvgIpc) is 2.96. The second kappa shape index (κ2) is 4.43. The van der Waals surface area contributed by atoms with Gasteiger partial charge in [0.1, 0.15) is 5.82 Å². The van der Waals surface area contributed by atoms with E-state index >= 15 is 0 Å². The molecule has 0 unspecified atom stereocenters. The van der Waals surface area contributed by atoms with Crippen molar-refractivity contribution in [2.45, 2.75) is 13.1 Å². The van der Waals surface area contributed by atoms with E-state index in [9.17, 15) is 0 Å². The number of rotatable bonds is 4. The highest BCUT2D eigenvalue weighted by molar-refractivity contribution is 5.74. The van der Waals surface area contributed by atoms with Gasteiger partial charge in [-0.25, -0.2) is 4.98 Å². The van der Waals surface area contributed by atoms with Crippen molar-refractivity contribution in [2.75, 3.05) is 0 Å². The lowest BCUT2D eigenvalue weighted by Crippen LogP contribution is -2.13. The van der Waals surface area contributed by atoms with Crippen LogP contribution in [-0.2, 0) is 13.1 Å². The number of nitrogens with one attached hydrogen (secondary N) is 3. The molecule has 2 aromatic heterocycles. The zero-order valence-corrected chi connectivity index (χ0v) is 9.40. The Morgan fingerprint density at radius 1 is 1.12 bits per heavy atom. The smallest absolute Gasteiger partial charge is 0.121 e. The first-order valence-corrected chi connectivity index (χ1v) is 5.68. The van der Waals surface area contributed by atoms with Crippen molar-refractivity contribution in [3.8, 4) is 0 Å². The minimum Gasteiger partial charge on any atom is -0.367 e. The fraction of sp³-hybridized carbons (Fsp3) is 0.154. The number of aromatic nitrogens is 3. The van der Waals surface area contributed by atoms with Crippen LogP contribution in [-0.4, -0.2) is 15.0 Å². The molecule has 86 valence electrons. The van der Waals surface area contributed by atoms with E-state index in [1.54, 1.807) is 0 Å². The van der Waals surface area contributed by atoms with Gasteiger partial charge in [-0.15, -0.1) is 0 Å². The molecule has 4 heteroatoms. The van der Waals surface area contributed by atoms with E-state index in [0.717, 1.165) is 29.9 Å².